The number of rotatable bonds is 7. The largest absolute Gasteiger partial charge is 0.494 e. The number of carbonyl (C=O) groups excluding carboxylic acids is 1. The van der Waals surface area contributed by atoms with Gasteiger partial charge in [-0.2, -0.15) is 0 Å². The number of thiazole rings is 1. The van der Waals surface area contributed by atoms with Gasteiger partial charge in [-0.3, -0.25) is 9.69 Å². The van der Waals surface area contributed by atoms with Crippen LogP contribution in [0.15, 0.2) is 29.6 Å². The van der Waals surface area contributed by atoms with Crippen LogP contribution in [-0.4, -0.2) is 48.7 Å². The molecule has 0 bridgehead atoms. The molecule has 0 radical (unpaired) electrons. The second-order valence-electron chi connectivity index (χ2n) is 5.80. The van der Waals surface area contributed by atoms with Crippen molar-refractivity contribution in [3.63, 3.8) is 0 Å². The molecule has 7 heteroatoms. The molecule has 0 unspecified atom stereocenters. The van der Waals surface area contributed by atoms with E-state index >= 15 is 0 Å². The van der Waals surface area contributed by atoms with Crippen LogP contribution in [0, 0.1) is 0 Å². The molecule has 1 fully saturated rings. The summed E-state index contributed by atoms with van der Waals surface area (Å²) in [7, 11) is 0. The van der Waals surface area contributed by atoms with Gasteiger partial charge in [0.15, 0.2) is 0 Å². The topological polar surface area (TPSA) is 63.7 Å². The van der Waals surface area contributed by atoms with Crippen molar-refractivity contribution in [3.8, 4) is 5.75 Å². The average molecular weight is 361 g/mol. The van der Waals surface area contributed by atoms with Crippen molar-refractivity contribution in [1.82, 2.24) is 9.88 Å². The lowest BCUT2D eigenvalue weighted by atomic mass is 10.2. The zero-order chi connectivity index (χ0) is 17.5. The summed E-state index contributed by atoms with van der Waals surface area (Å²) >= 11 is 1.61. The van der Waals surface area contributed by atoms with E-state index in [1.807, 2.05) is 36.6 Å². The third-order valence-electron chi connectivity index (χ3n) is 3.85. The van der Waals surface area contributed by atoms with Crippen molar-refractivity contribution < 1.29 is 14.3 Å². The summed E-state index contributed by atoms with van der Waals surface area (Å²) in [5, 5.41) is 5.91. The fourth-order valence-electron chi connectivity index (χ4n) is 2.62. The van der Waals surface area contributed by atoms with Crippen molar-refractivity contribution >= 4 is 22.9 Å². The standard InChI is InChI=1S/C18H23N3O3S/c1-2-24-16-5-3-14(4-6-16)19-17(22)11-15-13-25-18(20-15)12-21-7-9-23-10-8-21/h3-6,13H,2,7-12H2,1H3,(H,19,22). The van der Waals surface area contributed by atoms with Gasteiger partial charge < -0.3 is 14.8 Å². The van der Waals surface area contributed by atoms with Crippen LogP contribution in [-0.2, 0) is 22.5 Å². The summed E-state index contributed by atoms with van der Waals surface area (Å²) in [5.74, 6) is 0.736. The van der Waals surface area contributed by atoms with Gasteiger partial charge in [-0.25, -0.2) is 4.98 Å². The highest BCUT2D eigenvalue weighted by atomic mass is 32.1. The number of hydrogen-bond donors (Lipinski definition) is 1. The molecule has 1 N–H and O–H groups in total. The molecule has 3 rings (SSSR count). The first kappa shape index (κ1) is 17.8. The summed E-state index contributed by atoms with van der Waals surface area (Å²) < 4.78 is 10.7. The van der Waals surface area contributed by atoms with E-state index in [0.29, 0.717) is 6.61 Å². The summed E-state index contributed by atoms with van der Waals surface area (Å²) in [6.07, 6.45) is 0.285. The van der Waals surface area contributed by atoms with Crippen LogP contribution in [0.3, 0.4) is 0 Å². The second kappa shape index (κ2) is 8.94. The van der Waals surface area contributed by atoms with E-state index < -0.39 is 0 Å². The molecule has 1 amide bonds. The molecule has 0 aliphatic carbocycles. The quantitative estimate of drug-likeness (QED) is 0.821. The molecule has 0 atom stereocenters. The molecule has 134 valence electrons. The maximum Gasteiger partial charge on any atom is 0.230 e. The Morgan fingerprint density at radius 3 is 2.80 bits per heavy atom. The summed E-state index contributed by atoms with van der Waals surface area (Å²) in [6.45, 7) is 6.83. The Balaban J connectivity index is 1.49. The smallest absolute Gasteiger partial charge is 0.230 e. The van der Waals surface area contributed by atoms with Crippen molar-refractivity contribution in [2.24, 2.45) is 0 Å². The summed E-state index contributed by atoms with van der Waals surface area (Å²) in [4.78, 5) is 19.1. The summed E-state index contributed by atoms with van der Waals surface area (Å²) in [5.41, 5.74) is 1.58. The van der Waals surface area contributed by atoms with Gasteiger partial charge in [-0.15, -0.1) is 11.3 Å². The van der Waals surface area contributed by atoms with Gasteiger partial charge in [0.25, 0.3) is 0 Å². The summed E-state index contributed by atoms with van der Waals surface area (Å²) in [6, 6.07) is 7.38. The van der Waals surface area contributed by atoms with Crippen LogP contribution >= 0.6 is 11.3 Å². The first-order valence-corrected chi connectivity index (χ1v) is 9.37. The molecule has 1 saturated heterocycles. The third-order valence-corrected chi connectivity index (χ3v) is 4.74. The number of anilines is 1. The van der Waals surface area contributed by atoms with E-state index in [9.17, 15) is 4.79 Å². The fourth-order valence-corrected chi connectivity index (χ4v) is 3.46. The lowest BCUT2D eigenvalue weighted by molar-refractivity contribution is -0.115. The van der Waals surface area contributed by atoms with Gasteiger partial charge >= 0.3 is 0 Å². The fraction of sp³-hybridized carbons (Fsp3) is 0.444. The van der Waals surface area contributed by atoms with Crippen molar-refractivity contribution in [1.29, 1.82) is 0 Å². The van der Waals surface area contributed by atoms with Crippen molar-refractivity contribution in [2.75, 3.05) is 38.2 Å². The number of hydrogen-bond acceptors (Lipinski definition) is 6. The van der Waals surface area contributed by atoms with Crippen LogP contribution in [0.4, 0.5) is 5.69 Å². The molecular formula is C18H23N3O3S. The van der Waals surface area contributed by atoms with Crippen LogP contribution in [0.1, 0.15) is 17.6 Å². The van der Waals surface area contributed by atoms with Gasteiger partial charge in [0.1, 0.15) is 10.8 Å². The highest BCUT2D eigenvalue weighted by Gasteiger charge is 2.14. The number of benzene rings is 1. The van der Waals surface area contributed by atoms with Gasteiger partial charge in [-0.1, -0.05) is 0 Å². The van der Waals surface area contributed by atoms with E-state index in [0.717, 1.165) is 55.0 Å². The van der Waals surface area contributed by atoms with Gasteiger partial charge in [0.2, 0.25) is 5.91 Å². The molecule has 1 aromatic heterocycles. The van der Waals surface area contributed by atoms with Crippen molar-refractivity contribution in [3.05, 3.63) is 40.3 Å². The van der Waals surface area contributed by atoms with Gasteiger partial charge in [0, 0.05) is 24.2 Å². The molecule has 6 nitrogen and oxygen atoms in total. The molecule has 25 heavy (non-hydrogen) atoms. The molecular weight excluding hydrogens is 338 g/mol. The lowest BCUT2D eigenvalue weighted by Crippen LogP contribution is -2.35. The van der Waals surface area contributed by atoms with E-state index in [2.05, 4.69) is 15.2 Å². The zero-order valence-corrected chi connectivity index (χ0v) is 15.2. The molecule has 0 saturated carbocycles. The molecule has 1 aromatic carbocycles. The maximum atomic E-state index is 12.2. The SMILES string of the molecule is CCOc1ccc(NC(=O)Cc2csc(CN3CCOCC3)n2)cc1. The Kier molecular flexibility index (Phi) is 6.38. The molecule has 1 aliphatic rings. The van der Waals surface area contributed by atoms with E-state index in [1.165, 1.54) is 0 Å². The van der Waals surface area contributed by atoms with E-state index in [1.54, 1.807) is 11.3 Å². The molecule has 2 heterocycles. The predicted molar refractivity (Wildman–Crippen MR) is 98.2 cm³/mol. The minimum absolute atomic E-state index is 0.0626. The van der Waals surface area contributed by atoms with Crippen molar-refractivity contribution in [2.45, 2.75) is 19.9 Å². The van der Waals surface area contributed by atoms with Gasteiger partial charge in [-0.05, 0) is 31.2 Å². The zero-order valence-electron chi connectivity index (χ0n) is 14.4. The predicted octanol–water partition coefficient (Wildman–Crippen LogP) is 2.56. The molecule has 0 spiro atoms. The van der Waals surface area contributed by atoms with E-state index in [-0.39, 0.29) is 12.3 Å². The third kappa shape index (κ3) is 5.52. The number of aromatic nitrogens is 1. The number of amides is 1. The number of nitrogens with one attached hydrogen (secondary N) is 1. The highest BCUT2D eigenvalue weighted by Crippen LogP contribution is 2.17. The Hall–Kier alpha value is -1.96. The minimum atomic E-state index is -0.0626. The molecule has 1 aliphatic heterocycles. The first-order chi connectivity index (χ1) is 12.2. The lowest BCUT2D eigenvalue weighted by Gasteiger charge is -2.25. The van der Waals surface area contributed by atoms with Gasteiger partial charge in [0.05, 0.1) is 38.5 Å². The Bertz CT molecular complexity index is 681. The Morgan fingerprint density at radius 1 is 1.32 bits per heavy atom. The maximum absolute atomic E-state index is 12.2. The monoisotopic (exact) mass is 361 g/mol. The number of nitrogens with zero attached hydrogens (tertiary/aromatic N) is 2. The van der Waals surface area contributed by atoms with Crippen LogP contribution in [0.5, 0.6) is 5.75 Å². The second-order valence-corrected chi connectivity index (χ2v) is 6.75. The first-order valence-electron chi connectivity index (χ1n) is 8.49. The minimum Gasteiger partial charge on any atom is -0.494 e. The number of morpholine rings is 1. The van der Waals surface area contributed by atoms with Crippen LogP contribution < -0.4 is 10.1 Å². The Morgan fingerprint density at radius 2 is 2.08 bits per heavy atom. The highest BCUT2D eigenvalue weighted by molar-refractivity contribution is 7.09. The average Bonchev–Trinajstić information content (AvgIpc) is 3.04. The molecule has 2 aromatic rings. The van der Waals surface area contributed by atoms with Crippen LogP contribution in [0.25, 0.3) is 0 Å². The van der Waals surface area contributed by atoms with E-state index in [4.69, 9.17) is 9.47 Å². The number of ether oxygens (including phenoxy) is 2. The Labute approximate surface area is 151 Å². The van der Waals surface area contributed by atoms with Crippen LogP contribution in [0.2, 0.25) is 0 Å². The number of carbonyl (C=O) groups is 1. The normalized spacial score (nSPS) is 15.1.